The van der Waals surface area contributed by atoms with Crippen LogP contribution in [0.3, 0.4) is 0 Å². The normalized spacial score (nSPS) is 10.4. The van der Waals surface area contributed by atoms with E-state index in [9.17, 15) is 4.79 Å². The van der Waals surface area contributed by atoms with Crippen LogP contribution >= 0.6 is 11.8 Å². The Labute approximate surface area is 168 Å². The van der Waals surface area contributed by atoms with Gasteiger partial charge in [-0.05, 0) is 30.7 Å². The standard InChI is InChI=1S/C22H20N2O3S/c1-2-26-22(25)19-14-24-20-10-9-17(27-15-16-7-4-3-5-8-16)13-18(20)21(19)28-12-6-11-23/h3-5,7-10,13-14H,2,6,12,15H2,1H3. The van der Waals surface area contributed by atoms with Crippen molar-refractivity contribution in [3.05, 3.63) is 65.9 Å². The number of benzene rings is 2. The Morgan fingerprint density at radius 2 is 2.04 bits per heavy atom. The molecule has 142 valence electrons. The molecule has 0 spiro atoms. The highest BCUT2D eigenvalue weighted by Gasteiger charge is 2.17. The van der Waals surface area contributed by atoms with Crippen LogP contribution in [0.5, 0.6) is 5.75 Å². The largest absolute Gasteiger partial charge is 0.489 e. The van der Waals surface area contributed by atoms with E-state index in [1.165, 1.54) is 11.8 Å². The number of aromatic nitrogens is 1. The highest BCUT2D eigenvalue weighted by Crippen LogP contribution is 2.33. The quantitative estimate of drug-likeness (QED) is 0.305. The zero-order chi connectivity index (χ0) is 19.8. The summed E-state index contributed by atoms with van der Waals surface area (Å²) < 4.78 is 11.1. The lowest BCUT2D eigenvalue weighted by Crippen LogP contribution is -2.07. The minimum Gasteiger partial charge on any atom is -0.489 e. The zero-order valence-electron chi connectivity index (χ0n) is 15.6. The van der Waals surface area contributed by atoms with Crippen LogP contribution in [-0.2, 0) is 11.3 Å². The van der Waals surface area contributed by atoms with Gasteiger partial charge in [0.05, 0.1) is 23.8 Å². The van der Waals surface area contributed by atoms with Crippen LogP contribution in [0.2, 0.25) is 0 Å². The molecular formula is C22H20N2O3S. The molecule has 0 atom stereocenters. The van der Waals surface area contributed by atoms with E-state index in [0.29, 0.717) is 36.7 Å². The van der Waals surface area contributed by atoms with Crippen molar-refractivity contribution in [2.45, 2.75) is 24.8 Å². The zero-order valence-corrected chi connectivity index (χ0v) is 16.4. The number of rotatable bonds is 8. The van der Waals surface area contributed by atoms with Crippen molar-refractivity contribution in [1.82, 2.24) is 4.98 Å². The van der Waals surface area contributed by atoms with Crippen molar-refractivity contribution in [1.29, 1.82) is 5.26 Å². The van der Waals surface area contributed by atoms with Crippen LogP contribution in [0.4, 0.5) is 0 Å². The summed E-state index contributed by atoms with van der Waals surface area (Å²) >= 11 is 1.46. The average Bonchev–Trinajstić information content (AvgIpc) is 2.73. The summed E-state index contributed by atoms with van der Waals surface area (Å²) in [6.45, 7) is 2.51. The molecule has 28 heavy (non-hydrogen) atoms. The maximum atomic E-state index is 12.4. The highest BCUT2D eigenvalue weighted by atomic mass is 32.2. The fourth-order valence-corrected chi connectivity index (χ4v) is 3.69. The summed E-state index contributed by atoms with van der Waals surface area (Å²) in [7, 11) is 0. The lowest BCUT2D eigenvalue weighted by Gasteiger charge is -2.13. The first-order valence-electron chi connectivity index (χ1n) is 8.99. The molecule has 2 aromatic carbocycles. The topological polar surface area (TPSA) is 72.2 Å². The Hall–Kier alpha value is -3.04. The second-order valence-electron chi connectivity index (χ2n) is 5.93. The van der Waals surface area contributed by atoms with Crippen LogP contribution in [-0.4, -0.2) is 23.3 Å². The fraction of sp³-hybridized carbons (Fsp3) is 0.227. The third-order valence-electron chi connectivity index (χ3n) is 3.99. The highest BCUT2D eigenvalue weighted by molar-refractivity contribution is 7.99. The third kappa shape index (κ3) is 4.81. The molecule has 0 radical (unpaired) electrons. The van der Waals surface area contributed by atoms with Gasteiger partial charge in [-0.15, -0.1) is 11.8 Å². The number of carbonyl (C=O) groups excluding carboxylic acids is 1. The molecule has 1 heterocycles. The van der Waals surface area contributed by atoms with E-state index in [-0.39, 0.29) is 0 Å². The second kappa shape index (κ2) is 9.77. The number of hydrogen-bond acceptors (Lipinski definition) is 6. The molecule has 1 aromatic heterocycles. The van der Waals surface area contributed by atoms with Crippen molar-refractivity contribution >= 4 is 28.6 Å². The fourth-order valence-electron chi connectivity index (χ4n) is 2.69. The number of pyridine rings is 1. The molecule has 0 amide bonds. The maximum Gasteiger partial charge on any atom is 0.340 e. The number of nitriles is 1. The number of carbonyl (C=O) groups is 1. The molecule has 0 N–H and O–H groups in total. The first-order chi connectivity index (χ1) is 13.7. The molecule has 5 nitrogen and oxygen atoms in total. The van der Waals surface area contributed by atoms with Gasteiger partial charge in [-0.25, -0.2) is 4.79 Å². The summed E-state index contributed by atoms with van der Waals surface area (Å²) in [5.41, 5.74) is 2.25. The van der Waals surface area contributed by atoms with Gasteiger partial charge in [0.1, 0.15) is 12.4 Å². The van der Waals surface area contributed by atoms with Gasteiger partial charge in [0.15, 0.2) is 0 Å². The Balaban J connectivity index is 1.94. The van der Waals surface area contributed by atoms with E-state index < -0.39 is 5.97 Å². The van der Waals surface area contributed by atoms with Gasteiger partial charge in [-0.2, -0.15) is 5.26 Å². The lowest BCUT2D eigenvalue weighted by atomic mass is 10.1. The summed E-state index contributed by atoms with van der Waals surface area (Å²) in [5.74, 6) is 0.866. The van der Waals surface area contributed by atoms with E-state index in [0.717, 1.165) is 21.4 Å². The summed E-state index contributed by atoms with van der Waals surface area (Å²) in [6.07, 6.45) is 1.93. The van der Waals surface area contributed by atoms with E-state index >= 15 is 0 Å². The van der Waals surface area contributed by atoms with Gasteiger partial charge in [-0.1, -0.05) is 30.3 Å². The van der Waals surface area contributed by atoms with E-state index in [1.807, 2.05) is 48.5 Å². The van der Waals surface area contributed by atoms with Gasteiger partial charge in [0.2, 0.25) is 0 Å². The molecule has 3 aromatic rings. The summed E-state index contributed by atoms with van der Waals surface area (Å²) in [6, 6.07) is 17.7. The second-order valence-corrected chi connectivity index (χ2v) is 7.04. The number of thioether (sulfide) groups is 1. The van der Waals surface area contributed by atoms with E-state index in [2.05, 4.69) is 11.1 Å². The molecule has 0 fully saturated rings. The molecular weight excluding hydrogens is 372 g/mol. The van der Waals surface area contributed by atoms with Crippen LogP contribution in [0.15, 0.2) is 59.6 Å². The van der Waals surface area contributed by atoms with Crippen LogP contribution in [0.25, 0.3) is 10.9 Å². The molecule has 0 aliphatic heterocycles. The van der Waals surface area contributed by atoms with Crippen molar-refractivity contribution in [3.8, 4) is 11.8 Å². The predicted molar refractivity (Wildman–Crippen MR) is 109 cm³/mol. The summed E-state index contributed by atoms with van der Waals surface area (Å²) in [5, 5.41) is 9.67. The Morgan fingerprint density at radius 3 is 2.79 bits per heavy atom. The van der Waals surface area contributed by atoms with Gasteiger partial charge in [0.25, 0.3) is 0 Å². The van der Waals surface area contributed by atoms with Gasteiger partial charge in [0, 0.05) is 28.7 Å². The molecule has 0 bridgehead atoms. The average molecular weight is 392 g/mol. The van der Waals surface area contributed by atoms with Crippen molar-refractivity contribution in [3.63, 3.8) is 0 Å². The SMILES string of the molecule is CCOC(=O)c1cnc2ccc(OCc3ccccc3)cc2c1SCCC#N. The minimum atomic E-state index is -0.410. The number of esters is 1. The Bertz CT molecular complexity index is 1000. The first kappa shape index (κ1) is 19.7. The number of hydrogen-bond donors (Lipinski definition) is 0. The van der Waals surface area contributed by atoms with Gasteiger partial charge in [-0.3, -0.25) is 4.98 Å². The van der Waals surface area contributed by atoms with Crippen molar-refractivity contribution in [2.75, 3.05) is 12.4 Å². The van der Waals surface area contributed by atoms with Gasteiger partial charge < -0.3 is 9.47 Å². The molecule has 0 unspecified atom stereocenters. The third-order valence-corrected chi connectivity index (χ3v) is 5.13. The van der Waals surface area contributed by atoms with E-state index in [4.69, 9.17) is 14.7 Å². The number of ether oxygens (including phenoxy) is 2. The van der Waals surface area contributed by atoms with Gasteiger partial charge >= 0.3 is 5.97 Å². The van der Waals surface area contributed by atoms with Crippen LogP contribution < -0.4 is 4.74 Å². The Morgan fingerprint density at radius 1 is 1.21 bits per heavy atom. The monoisotopic (exact) mass is 392 g/mol. The molecule has 3 rings (SSSR count). The van der Waals surface area contributed by atoms with Crippen LogP contribution in [0, 0.1) is 11.3 Å². The molecule has 0 aliphatic rings. The molecule has 0 aliphatic carbocycles. The smallest absolute Gasteiger partial charge is 0.340 e. The number of fused-ring (bicyclic) bond motifs is 1. The lowest BCUT2D eigenvalue weighted by molar-refractivity contribution is 0.0522. The Kier molecular flexibility index (Phi) is 6.88. The van der Waals surface area contributed by atoms with E-state index in [1.54, 1.807) is 13.1 Å². The van der Waals surface area contributed by atoms with Crippen LogP contribution in [0.1, 0.15) is 29.3 Å². The molecule has 6 heteroatoms. The first-order valence-corrected chi connectivity index (χ1v) is 9.98. The van der Waals surface area contributed by atoms with Crippen molar-refractivity contribution in [2.24, 2.45) is 0 Å². The minimum absolute atomic E-state index is 0.291. The maximum absolute atomic E-state index is 12.4. The molecule has 0 saturated heterocycles. The number of nitrogens with zero attached hydrogens (tertiary/aromatic N) is 2. The predicted octanol–water partition coefficient (Wildman–Crippen LogP) is 5.00. The molecule has 0 saturated carbocycles. The van der Waals surface area contributed by atoms with Crippen molar-refractivity contribution < 1.29 is 14.3 Å². The summed E-state index contributed by atoms with van der Waals surface area (Å²) in [4.78, 5) is 17.5.